The molecular formula is C12H21NO4. The highest BCUT2D eigenvalue weighted by Crippen LogP contribution is 2.58. The summed E-state index contributed by atoms with van der Waals surface area (Å²) in [5.41, 5.74) is -2.17. The lowest BCUT2D eigenvalue weighted by Gasteiger charge is -2.24. The van der Waals surface area contributed by atoms with Gasteiger partial charge in [-0.15, -0.1) is 0 Å². The van der Waals surface area contributed by atoms with Gasteiger partial charge in [-0.3, -0.25) is 0 Å². The highest BCUT2D eigenvalue weighted by Gasteiger charge is 2.70. The van der Waals surface area contributed by atoms with E-state index < -0.39 is 23.2 Å². The second-order valence-corrected chi connectivity index (χ2v) is 5.93. The van der Waals surface area contributed by atoms with Crippen LogP contribution in [0.4, 0.5) is 4.79 Å². The molecule has 2 N–H and O–H groups in total. The highest BCUT2D eigenvalue weighted by atomic mass is 16.6. The van der Waals surface area contributed by atoms with Crippen LogP contribution in [0.15, 0.2) is 0 Å². The Morgan fingerprint density at radius 2 is 1.94 bits per heavy atom. The van der Waals surface area contributed by atoms with Crippen molar-refractivity contribution in [3.63, 3.8) is 0 Å². The molecule has 17 heavy (non-hydrogen) atoms. The van der Waals surface area contributed by atoms with E-state index in [9.17, 15) is 14.7 Å². The molecule has 5 heteroatoms. The van der Waals surface area contributed by atoms with Crippen molar-refractivity contribution in [1.82, 2.24) is 5.32 Å². The summed E-state index contributed by atoms with van der Waals surface area (Å²) in [6, 6.07) is 0. The summed E-state index contributed by atoms with van der Waals surface area (Å²) in [6.45, 7) is 9.00. The van der Waals surface area contributed by atoms with E-state index in [0.717, 1.165) is 0 Å². The number of hydrogen-bond acceptors (Lipinski definition) is 3. The molecule has 2 atom stereocenters. The zero-order chi connectivity index (χ0) is 13.5. The van der Waals surface area contributed by atoms with Crippen molar-refractivity contribution < 1.29 is 19.4 Å². The Labute approximate surface area is 102 Å². The maximum absolute atomic E-state index is 11.6. The van der Waals surface area contributed by atoms with Crippen molar-refractivity contribution in [3.05, 3.63) is 0 Å². The van der Waals surface area contributed by atoms with Gasteiger partial charge in [0.15, 0.2) is 0 Å². The molecule has 0 radical (unpaired) electrons. The molecule has 98 valence electrons. The average molecular weight is 243 g/mol. The number of carbonyl (C=O) groups is 2. The van der Waals surface area contributed by atoms with E-state index in [1.54, 1.807) is 20.8 Å². The fourth-order valence-electron chi connectivity index (χ4n) is 2.03. The lowest BCUT2D eigenvalue weighted by Crippen LogP contribution is -2.48. The molecule has 0 bridgehead atoms. The Balaban J connectivity index is 2.73. The first-order valence-corrected chi connectivity index (χ1v) is 5.81. The molecule has 0 heterocycles. The zero-order valence-electron chi connectivity index (χ0n) is 11.1. The van der Waals surface area contributed by atoms with Gasteiger partial charge in [-0.05, 0) is 33.6 Å². The fraction of sp³-hybridized carbons (Fsp3) is 0.833. The van der Waals surface area contributed by atoms with Gasteiger partial charge in [-0.2, -0.15) is 0 Å². The minimum absolute atomic E-state index is 0.379. The van der Waals surface area contributed by atoms with Gasteiger partial charge in [0.25, 0.3) is 0 Å². The Morgan fingerprint density at radius 1 is 1.41 bits per heavy atom. The summed E-state index contributed by atoms with van der Waals surface area (Å²) >= 11 is 0. The van der Waals surface area contributed by atoms with E-state index in [0.29, 0.717) is 12.8 Å². The van der Waals surface area contributed by atoms with Crippen molar-refractivity contribution in [2.24, 2.45) is 5.41 Å². The number of carbonyl (C=O) groups excluding carboxylic acids is 1. The molecule has 0 aliphatic heterocycles. The molecule has 0 saturated heterocycles. The van der Waals surface area contributed by atoms with Gasteiger partial charge in [-0.25, -0.2) is 9.59 Å². The molecule has 1 rings (SSSR count). The summed E-state index contributed by atoms with van der Waals surface area (Å²) in [6.07, 6.45) is 0.484. The Bertz CT molecular complexity index is 347. The van der Waals surface area contributed by atoms with Crippen molar-refractivity contribution in [3.8, 4) is 0 Å². The molecule has 0 unspecified atom stereocenters. The molecule has 1 fully saturated rings. The molecule has 1 aliphatic rings. The first-order chi connectivity index (χ1) is 7.56. The van der Waals surface area contributed by atoms with E-state index in [1.807, 2.05) is 13.8 Å². The maximum atomic E-state index is 11.6. The molecule has 1 amide bonds. The average Bonchev–Trinajstić information content (AvgIpc) is 2.70. The summed E-state index contributed by atoms with van der Waals surface area (Å²) in [4.78, 5) is 22.9. The van der Waals surface area contributed by atoms with E-state index >= 15 is 0 Å². The highest BCUT2D eigenvalue weighted by molar-refractivity contribution is 5.89. The van der Waals surface area contributed by atoms with Crippen molar-refractivity contribution in [1.29, 1.82) is 0 Å². The molecule has 1 saturated carbocycles. The molecule has 5 nitrogen and oxygen atoms in total. The fourth-order valence-corrected chi connectivity index (χ4v) is 2.03. The van der Waals surface area contributed by atoms with Crippen LogP contribution in [0.2, 0.25) is 0 Å². The van der Waals surface area contributed by atoms with Gasteiger partial charge in [0.05, 0.1) is 0 Å². The topological polar surface area (TPSA) is 75.6 Å². The van der Waals surface area contributed by atoms with Crippen LogP contribution in [0.1, 0.15) is 47.5 Å². The van der Waals surface area contributed by atoms with Gasteiger partial charge in [0.1, 0.15) is 11.1 Å². The zero-order valence-corrected chi connectivity index (χ0v) is 11.1. The number of nitrogens with one attached hydrogen (secondary N) is 1. The minimum atomic E-state index is -1.16. The van der Waals surface area contributed by atoms with E-state index in [4.69, 9.17) is 4.74 Å². The van der Waals surface area contributed by atoms with E-state index in [-0.39, 0.29) is 5.41 Å². The molecule has 0 spiro atoms. The van der Waals surface area contributed by atoms with Crippen molar-refractivity contribution in [2.75, 3.05) is 0 Å². The Hall–Kier alpha value is -1.26. The second-order valence-electron chi connectivity index (χ2n) is 5.93. The summed E-state index contributed by atoms with van der Waals surface area (Å²) in [5.74, 6) is -0.993. The van der Waals surface area contributed by atoms with Crippen LogP contribution in [0.25, 0.3) is 0 Å². The predicted molar refractivity (Wildman–Crippen MR) is 62.8 cm³/mol. The van der Waals surface area contributed by atoms with Crippen LogP contribution in [-0.4, -0.2) is 28.3 Å². The summed E-state index contributed by atoms with van der Waals surface area (Å²) in [7, 11) is 0. The van der Waals surface area contributed by atoms with Crippen LogP contribution >= 0.6 is 0 Å². The summed E-state index contributed by atoms with van der Waals surface area (Å²) in [5, 5.41) is 11.8. The number of hydrogen-bond donors (Lipinski definition) is 2. The maximum Gasteiger partial charge on any atom is 0.408 e. The van der Waals surface area contributed by atoms with Crippen LogP contribution in [-0.2, 0) is 9.53 Å². The van der Waals surface area contributed by atoms with Crippen molar-refractivity contribution >= 4 is 12.1 Å². The third-order valence-corrected chi connectivity index (χ3v) is 3.42. The Kier molecular flexibility index (Phi) is 3.16. The lowest BCUT2D eigenvalue weighted by atomic mass is 9.99. The van der Waals surface area contributed by atoms with Crippen LogP contribution in [0, 0.1) is 5.41 Å². The van der Waals surface area contributed by atoms with Gasteiger partial charge < -0.3 is 15.2 Å². The normalized spacial score (nSPS) is 31.8. The molecule has 0 aromatic carbocycles. The monoisotopic (exact) mass is 243 g/mol. The third kappa shape index (κ3) is 2.53. The van der Waals surface area contributed by atoms with Gasteiger partial charge in [-0.1, -0.05) is 13.8 Å². The molecule has 1 aliphatic carbocycles. The summed E-state index contributed by atoms with van der Waals surface area (Å²) < 4.78 is 5.09. The van der Waals surface area contributed by atoms with Gasteiger partial charge >= 0.3 is 12.1 Å². The number of carboxylic acid groups (broad SMARTS) is 1. The van der Waals surface area contributed by atoms with Crippen LogP contribution < -0.4 is 5.32 Å². The number of ether oxygens (including phenoxy) is 1. The Morgan fingerprint density at radius 3 is 2.24 bits per heavy atom. The molecule has 0 aromatic heterocycles. The van der Waals surface area contributed by atoms with Gasteiger partial charge in [0, 0.05) is 5.41 Å². The number of amides is 1. The quantitative estimate of drug-likeness (QED) is 0.796. The van der Waals surface area contributed by atoms with Crippen molar-refractivity contribution in [2.45, 2.75) is 58.6 Å². The van der Waals surface area contributed by atoms with Crippen LogP contribution in [0.5, 0.6) is 0 Å². The predicted octanol–water partition coefficient (Wildman–Crippen LogP) is 2.15. The third-order valence-electron chi connectivity index (χ3n) is 3.42. The second kappa shape index (κ2) is 3.89. The smallest absolute Gasteiger partial charge is 0.408 e. The largest absolute Gasteiger partial charge is 0.479 e. The van der Waals surface area contributed by atoms with E-state index in [1.165, 1.54) is 0 Å². The van der Waals surface area contributed by atoms with Gasteiger partial charge in [0.2, 0.25) is 0 Å². The lowest BCUT2D eigenvalue weighted by molar-refractivity contribution is -0.141. The standard InChI is InChI=1S/C12H21NO4/c1-6-11(5)7-12(11,8(14)15)13-9(16)17-10(2,3)4/h6-7H2,1-5H3,(H,13,16)(H,14,15)/t11-,12-/m0/s1. The molecule has 0 aromatic rings. The number of rotatable bonds is 3. The minimum Gasteiger partial charge on any atom is -0.479 e. The SMILES string of the molecule is CC[C@@]1(C)C[C@]1(NC(=O)OC(C)(C)C)C(=O)O. The first kappa shape index (κ1) is 13.8. The number of alkyl carbamates (subject to hydrolysis) is 1. The molecular weight excluding hydrogens is 222 g/mol. The number of carboxylic acids is 1. The number of aliphatic carboxylic acids is 1. The van der Waals surface area contributed by atoms with E-state index in [2.05, 4.69) is 5.32 Å². The van der Waals surface area contributed by atoms with Crippen LogP contribution in [0.3, 0.4) is 0 Å². The first-order valence-electron chi connectivity index (χ1n) is 5.81.